The summed E-state index contributed by atoms with van der Waals surface area (Å²) < 4.78 is 0. The van der Waals surface area contributed by atoms with E-state index in [2.05, 4.69) is 25.2 Å². The molecule has 1 atom stereocenters. The highest BCUT2D eigenvalue weighted by Crippen LogP contribution is 2.22. The van der Waals surface area contributed by atoms with Crippen molar-refractivity contribution in [3.05, 3.63) is 34.9 Å². The highest BCUT2D eigenvalue weighted by atomic mass is 35.5. The Hall–Kier alpha value is -0.530. The fourth-order valence-electron chi connectivity index (χ4n) is 2.34. The number of rotatable bonds is 10. The first kappa shape index (κ1) is 16.5. The summed E-state index contributed by atoms with van der Waals surface area (Å²) in [5, 5.41) is 4.42. The fourth-order valence-corrected chi connectivity index (χ4v) is 2.64. The first-order valence-corrected chi connectivity index (χ1v) is 8.11. The van der Waals surface area contributed by atoms with Gasteiger partial charge in [-0.1, -0.05) is 75.2 Å². The van der Waals surface area contributed by atoms with Crippen LogP contribution in [-0.2, 0) is 0 Å². The molecular formula is C17H28ClN. The van der Waals surface area contributed by atoms with Gasteiger partial charge >= 0.3 is 0 Å². The first-order chi connectivity index (χ1) is 9.25. The number of hydrogen-bond acceptors (Lipinski definition) is 1. The zero-order chi connectivity index (χ0) is 13.9. The van der Waals surface area contributed by atoms with Crippen molar-refractivity contribution in [2.75, 3.05) is 6.54 Å². The van der Waals surface area contributed by atoms with Crippen LogP contribution in [-0.4, -0.2) is 6.54 Å². The highest BCUT2D eigenvalue weighted by molar-refractivity contribution is 6.31. The summed E-state index contributed by atoms with van der Waals surface area (Å²) in [6.45, 7) is 5.53. The average molecular weight is 282 g/mol. The molecule has 0 aliphatic rings. The van der Waals surface area contributed by atoms with Gasteiger partial charge in [0.1, 0.15) is 0 Å². The maximum atomic E-state index is 6.19. The van der Waals surface area contributed by atoms with Crippen LogP contribution in [0.15, 0.2) is 24.3 Å². The lowest BCUT2D eigenvalue weighted by molar-refractivity contribution is 0.524. The third-order valence-electron chi connectivity index (χ3n) is 3.60. The Morgan fingerprint density at radius 3 is 2.32 bits per heavy atom. The molecule has 108 valence electrons. The second-order valence-corrected chi connectivity index (χ2v) is 5.73. The van der Waals surface area contributed by atoms with Gasteiger partial charge in [0.15, 0.2) is 0 Å². The van der Waals surface area contributed by atoms with Crippen molar-refractivity contribution >= 4 is 11.6 Å². The quantitative estimate of drug-likeness (QED) is 0.539. The van der Waals surface area contributed by atoms with E-state index < -0.39 is 0 Å². The third kappa shape index (κ3) is 6.98. The average Bonchev–Trinajstić information content (AvgIpc) is 2.42. The van der Waals surface area contributed by atoms with Gasteiger partial charge in [0, 0.05) is 11.1 Å². The predicted molar refractivity (Wildman–Crippen MR) is 85.9 cm³/mol. The molecule has 0 aromatic heterocycles. The lowest BCUT2D eigenvalue weighted by Crippen LogP contribution is -2.20. The normalized spacial score (nSPS) is 12.6. The molecular weight excluding hydrogens is 254 g/mol. The van der Waals surface area contributed by atoms with Crippen LogP contribution >= 0.6 is 11.6 Å². The molecule has 0 unspecified atom stereocenters. The summed E-state index contributed by atoms with van der Waals surface area (Å²) in [6.07, 6.45) is 9.50. The lowest BCUT2D eigenvalue weighted by Gasteiger charge is -2.15. The number of hydrogen-bond donors (Lipinski definition) is 1. The van der Waals surface area contributed by atoms with Crippen LogP contribution in [0.1, 0.15) is 70.4 Å². The molecule has 0 aliphatic carbocycles. The van der Waals surface area contributed by atoms with E-state index in [9.17, 15) is 0 Å². The van der Waals surface area contributed by atoms with Crippen LogP contribution < -0.4 is 5.32 Å². The molecule has 1 nitrogen and oxygen atoms in total. The van der Waals surface area contributed by atoms with Crippen molar-refractivity contribution in [3.8, 4) is 0 Å². The molecule has 0 saturated heterocycles. The summed E-state index contributed by atoms with van der Waals surface area (Å²) in [5.41, 5.74) is 1.20. The standard InChI is InChI=1S/C17H28ClN/c1-3-4-5-6-7-8-11-14-19-15(2)16-12-9-10-13-17(16)18/h9-10,12-13,15,19H,3-8,11,14H2,1-2H3/t15-/m1/s1. The molecule has 19 heavy (non-hydrogen) atoms. The molecule has 0 saturated carbocycles. The molecule has 0 fully saturated rings. The minimum atomic E-state index is 0.341. The van der Waals surface area contributed by atoms with E-state index in [1.54, 1.807) is 0 Å². The van der Waals surface area contributed by atoms with Crippen LogP contribution in [0, 0.1) is 0 Å². The van der Waals surface area contributed by atoms with E-state index in [0.717, 1.165) is 11.6 Å². The predicted octanol–water partition coefficient (Wildman–Crippen LogP) is 5.74. The second kappa shape index (κ2) is 10.3. The topological polar surface area (TPSA) is 12.0 Å². The van der Waals surface area contributed by atoms with E-state index in [1.807, 2.05) is 18.2 Å². The van der Waals surface area contributed by atoms with Gasteiger partial charge in [0.2, 0.25) is 0 Å². The third-order valence-corrected chi connectivity index (χ3v) is 3.95. The number of unbranched alkanes of at least 4 members (excludes halogenated alkanes) is 6. The van der Waals surface area contributed by atoms with Crippen molar-refractivity contribution in [1.29, 1.82) is 0 Å². The van der Waals surface area contributed by atoms with E-state index in [1.165, 1.54) is 50.5 Å². The van der Waals surface area contributed by atoms with E-state index >= 15 is 0 Å². The Kier molecular flexibility index (Phi) is 8.94. The summed E-state index contributed by atoms with van der Waals surface area (Å²) in [5.74, 6) is 0. The molecule has 0 bridgehead atoms. The Balaban J connectivity index is 2.08. The zero-order valence-corrected chi connectivity index (χ0v) is 13.2. The zero-order valence-electron chi connectivity index (χ0n) is 12.4. The molecule has 0 radical (unpaired) electrons. The molecule has 0 amide bonds. The molecule has 2 heteroatoms. The molecule has 1 aromatic carbocycles. The largest absolute Gasteiger partial charge is 0.310 e. The molecule has 0 heterocycles. The van der Waals surface area contributed by atoms with Gasteiger partial charge in [-0.3, -0.25) is 0 Å². The maximum Gasteiger partial charge on any atom is 0.0453 e. The monoisotopic (exact) mass is 281 g/mol. The van der Waals surface area contributed by atoms with Crippen LogP contribution in [0.25, 0.3) is 0 Å². The second-order valence-electron chi connectivity index (χ2n) is 5.32. The summed E-state index contributed by atoms with van der Waals surface area (Å²) in [7, 11) is 0. The fraction of sp³-hybridized carbons (Fsp3) is 0.647. The Bertz CT molecular complexity index is 338. The van der Waals surface area contributed by atoms with Crippen molar-refractivity contribution in [2.45, 2.75) is 64.8 Å². The SMILES string of the molecule is CCCCCCCCCN[C@H](C)c1ccccc1Cl. The summed E-state index contributed by atoms with van der Waals surface area (Å²) >= 11 is 6.19. The minimum absolute atomic E-state index is 0.341. The number of nitrogens with one attached hydrogen (secondary N) is 1. The van der Waals surface area contributed by atoms with Crippen LogP contribution in [0.2, 0.25) is 5.02 Å². The van der Waals surface area contributed by atoms with Gasteiger partial charge in [-0.05, 0) is 31.5 Å². The number of benzene rings is 1. The first-order valence-electron chi connectivity index (χ1n) is 7.73. The maximum absolute atomic E-state index is 6.19. The lowest BCUT2D eigenvalue weighted by atomic mass is 10.1. The Morgan fingerprint density at radius 2 is 1.63 bits per heavy atom. The molecule has 1 N–H and O–H groups in total. The van der Waals surface area contributed by atoms with Gasteiger partial charge in [0.05, 0.1) is 0 Å². The Morgan fingerprint density at radius 1 is 1.00 bits per heavy atom. The van der Waals surface area contributed by atoms with Crippen molar-refractivity contribution < 1.29 is 0 Å². The van der Waals surface area contributed by atoms with Crippen LogP contribution in [0.4, 0.5) is 0 Å². The summed E-state index contributed by atoms with van der Waals surface area (Å²) in [6, 6.07) is 8.43. The minimum Gasteiger partial charge on any atom is -0.310 e. The highest BCUT2D eigenvalue weighted by Gasteiger charge is 2.07. The Labute approximate surface area is 123 Å². The number of halogens is 1. The molecule has 1 rings (SSSR count). The van der Waals surface area contributed by atoms with E-state index in [4.69, 9.17) is 11.6 Å². The van der Waals surface area contributed by atoms with Gasteiger partial charge < -0.3 is 5.32 Å². The van der Waals surface area contributed by atoms with E-state index in [0.29, 0.717) is 6.04 Å². The van der Waals surface area contributed by atoms with Gasteiger partial charge in [-0.15, -0.1) is 0 Å². The summed E-state index contributed by atoms with van der Waals surface area (Å²) in [4.78, 5) is 0. The van der Waals surface area contributed by atoms with Crippen LogP contribution in [0.3, 0.4) is 0 Å². The smallest absolute Gasteiger partial charge is 0.0453 e. The van der Waals surface area contributed by atoms with Crippen molar-refractivity contribution in [3.63, 3.8) is 0 Å². The molecule has 1 aromatic rings. The van der Waals surface area contributed by atoms with Gasteiger partial charge in [-0.2, -0.15) is 0 Å². The van der Waals surface area contributed by atoms with Crippen molar-refractivity contribution in [1.82, 2.24) is 5.32 Å². The van der Waals surface area contributed by atoms with Gasteiger partial charge in [-0.25, -0.2) is 0 Å². The van der Waals surface area contributed by atoms with E-state index in [-0.39, 0.29) is 0 Å². The van der Waals surface area contributed by atoms with Crippen molar-refractivity contribution in [2.24, 2.45) is 0 Å². The van der Waals surface area contributed by atoms with Gasteiger partial charge in [0.25, 0.3) is 0 Å². The molecule has 0 spiro atoms. The van der Waals surface area contributed by atoms with Crippen LogP contribution in [0.5, 0.6) is 0 Å². The molecule has 0 aliphatic heterocycles.